The first-order chi connectivity index (χ1) is 9.78. The van der Waals surface area contributed by atoms with Gasteiger partial charge in [-0.15, -0.1) is 0 Å². The molecular formula is C18H26O2. The highest BCUT2D eigenvalue weighted by atomic mass is 16.5. The second kappa shape index (κ2) is 6.28. The molecule has 1 heterocycles. The van der Waals surface area contributed by atoms with Gasteiger partial charge in [0.1, 0.15) is 0 Å². The first-order valence-electron chi connectivity index (χ1n) is 8.17. The molecule has 2 fully saturated rings. The second-order valence-corrected chi connectivity index (χ2v) is 6.49. The van der Waals surface area contributed by atoms with Crippen LogP contribution in [0.1, 0.15) is 62.8 Å². The summed E-state index contributed by atoms with van der Waals surface area (Å²) in [7, 11) is 0. The molecule has 1 N–H and O–H groups in total. The van der Waals surface area contributed by atoms with Crippen LogP contribution in [0.15, 0.2) is 30.3 Å². The van der Waals surface area contributed by atoms with Crippen molar-refractivity contribution in [3.8, 4) is 0 Å². The summed E-state index contributed by atoms with van der Waals surface area (Å²) in [6, 6.07) is 10.6. The van der Waals surface area contributed by atoms with Crippen molar-refractivity contribution in [1.29, 1.82) is 0 Å². The van der Waals surface area contributed by atoms with Crippen LogP contribution in [-0.4, -0.2) is 23.4 Å². The highest BCUT2D eigenvalue weighted by Crippen LogP contribution is 2.44. The standard InChI is InChI=1S/C18H26O2/c19-18(13-11-16-9-6-14-20-16)12-5-4-10-17(18)15-7-2-1-3-8-15/h1-3,7-8,16-17,19H,4-6,9-14H2. The fourth-order valence-corrected chi connectivity index (χ4v) is 3.97. The third kappa shape index (κ3) is 3.07. The smallest absolute Gasteiger partial charge is 0.0717 e. The van der Waals surface area contributed by atoms with Crippen molar-refractivity contribution >= 4 is 0 Å². The van der Waals surface area contributed by atoms with Gasteiger partial charge in [-0.05, 0) is 44.1 Å². The van der Waals surface area contributed by atoms with E-state index in [-0.39, 0.29) is 0 Å². The van der Waals surface area contributed by atoms with Crippen LogP contribution in [0.4, 0.5) is 0 Å². The van der Waals surface area contributed by atoms with Gasteiger partial charge >= 0.3 is 0 Å². The molecule has 1 saturated heterocycles. The number of hydrogen-bond donors (Lipinski definition) is 1. The topological polar surface area (TPSA) is 29.5 Å². The van der Waals surface area contributed by atoms with Crippen molar-refractivity contribution in [3.05, 3.63) is 35.9 Å². The van der Waals surface area contributed by atoms with Gasteiger partial charge < -0.3 is 9.84 Å². The maximum Gasteiger partial charge on any atom is 0.0717 e. The molecule has 3 rings (SSSR count). The summed E-state index contributed by atoms with van der Waals surface area (Å²) in [5.41, 5.74) is 0.785. The predicted molar refractivity (Wildman–Crippen MR) is 80.8 cm³/mol. The third-order valence-electron chi connectivity index (χ3n) is 5.13. The van der Waals surface area contributed by atoms with Crippen LogP contribution < -0.4 is 0 Å². The molecule has 110 valence electrons. The molecule has 0 spiro atoms. The van der Waals surface area contributed by atoms with E-state index >= 15 is 0 Å². The molecule has 3 atom stereocenters. The summed E-state index contributed by atoms with van der Waals surface area (Å²) in [5, 5.41) is 11.2. The van der Waals surface area contributed by atoms with Gasteiger partial charge in [-0.25, -0.2) is 0 Å². The lowest BCUT2D eigenvalue weighted by Crippen LogP contribution is -2.39. The summed E-state index contributed by atoms with van der Waals surface area (Å²) < 4.78 is 5.72. The van der Waals surface area contributed by atoms with Gasteiger partial charge in [0.25, 0.3) is 0 Å². The first-order valence-corrected chi connectivity index (χ1v) is 8.17. The zero-order valence-electron chi connectivity index (χ0n) is 12.3. The van der Waals surface area contributed by atoms with E-state index in [0.29, 0.717) is 12.0 Å². The number of rotatable bonds is 4. The molecule has 1 aromatic carbocycles. The molecule has 1 saturated carbocycles. The molecule has 2 nitrogen and oxygen atoms in total. The molecule has 2 aliphatic rings. The second-order valence-electron chi connectivity index (χ2n) is 6.49. The Morgan fingerprint density at radius 3 is 2.70 bits per heavy atom. The Kier molecular flexibility index (Phi) is 4.42. The van der Waals surface area contributed by atoms with Crippen molar-refractivity contribution in [2.24, 2.45) is 0 Å². The Labute approximate surface area is 122 Å². The number of benzene rings is 1. The molecule has 0 bridgehead atoms. The van der Waals surface area contributed by atoms with Gasteiger partial charge in [-0.1, -0.05) is 43.2 Å². The molecular weight excluding hydrogens is 248 g/mol. The Hall–Kier alpha value is -0.860. The van der Waals surface area contributed by atoms with Crippen LogP contribution in [0.2, 0.25) is 0 Å². The van der Waals surface area contributed by atoms with Gasteiger partial charge in [-0.2, -0.15) is 0 Å². The van der Waals surface area contributed by atoms with E-state index in [2.05, 4.69) is 30.3 Å². The molecule has 1 aliphatic heterocycles. The van der Waals surface area contributed by atoms with E-state index in [0.717, 1.165) is 38.7 Å². The average Bonchev–Trinajstić information content (AvgIpc) is 3.00. The largest absolute Gasteiger partial charge is 0.389 e. The van der Waals surface area contributed by atoms with E-state index in [9.17, 15) is 5.11 Å². The van der Waals surface area contributed by atoms with Crippen LogP contribution >= 0.6 is 0 Å². The van der Waals surface area contributed by atoms with Crippen LogP contribution in [0.3, 0.4) is 0 Å². The fraction of sp³-hybridized carbons (Fsp3) is 0.667. The Morgan fingerprint density at radius 1 is 1.10 bits per heavy atom. The molecule has 1 aliphatic carbocycles. The van der Waals surface area contributed by atoms with Crippen molar-refractivity contribution in [3.63, 3.8) is 0 Å². The SMILES string of the molecule is OC1(CCC2CCCO2)CCCCC1c1ccccc1. The van der Waals surface area contributed by atoms with Crippen LogP contribution in [0.5, 0.6) is 0 Å². The molecule has 1 aromatic rings. The highest BCUT2D eigenvalue weighted by molar-refractivity contribution is 5.23. The lowest BCUT2D eigenvalue weighted by atomic mass is 9.69. The Balaban J connectivity index is 1.69. The monoisotopic (exact) mass is 274 g/mol. The summed E-state index contributed by atoms with van der Waals surface area (Å²) in [6.45, 7) is 0.908. The molecule has 0 radical (unpaired) electrons. The minimum atomic E-state index is -0.522. The maximum atomic E-state index is 11.2. The van der Waals surface area contributed by atoms with Crippen molar-refractivity contribution in [1.82, 2.24) is 0 Å². The Morgan fingerprint density at radius 2 is 1.95 bits per heavy atom. The lowest BCUT2D eigenvalue weighted by molar-refractivity contribution is -0.0364. The van der Waals surface area contributed by atoms with Crippen molar-refractivity contribution in [2.45, 2.75) is 69.0 Å². The van der Waals surface area contributed by atoms with Gasteiger partial charge in [0, 0.05) is 12.5 Å². The maximum absolute atomic E-state index is 11.2. The fourth-order valence-electron chi connectivity index (χ4n) is 3.97. The van der Waals surface area contributed by atoms with E-state index < -0.39 is 5.60 Å². The van der Waals surface area contributed by atoms with E-state index in [1.54, 1.807) is 0 Å². The quantitative estimate of drug-likeness (QED) is 0.898. The van der Waals surface area contributed by atoms with Crippen LogP contribution in [-0.2, 0) is 4.74 Å². The number of aliphatic hydroxyl groups is 1. The van der Waals surface area contributed by atoms with Gasteiger partial charge in [0.05, 0.1) is 11.7 Å². The summed E-state index contributed by atoms with van der Waals surface area (Å²) >= 11 is 0. The zero-order valence-corrected chi connectivity index (χ0v) is 12.3. The highest BCUT2D eigenvalue weighted by Gasteiger charge is 2.39. The average molecular weight is 274 g/mol. The number of ether oxygens (including phenoxy) is 1. The molecule has 2 heteroatoms. The molecule has 0 amide bonds. The first kappa shape index (κ1) is 14.1. The Bertz CT molecular complexity index is 411. The minimum absolute atomic E-state index is 0.304. The van der Waals surface area contributed by atoms with Crippen LogP contribution in [0.25, 0.3) is 0 Å². The molecule has 3 unspecified atom stereocenters. The van der Waals surface area contributed by atoms with Gasteiger partial charge in [-0.3, -0.25) is 0 Å². The molecule has 0 aromatic heterocycles. The van der Waals surface area contributed by atoms with E-state index in [1.807, 2.05) is 0 Å². The van der Waals surface area contributed by atoms with Crippen molar-refractivity contribution in [2.75, 3.05) is 6.61 Å². The normalized spacial score (nSPS) is 34.2. The predicted octanol–water partition coefficient (Wildman–Crippen LogP) is 4.03. The lowest BCUT2D eigenvalue weighted by Gasteiger charge is -2.41. The van der Waals surface area contributed by atoms with E-state index in [1.165, 1.54) is 24.8 Å². The van der Waals surface area contributed by atoms with E-state index in [4.69, 9.17) is 4.74 Å². The third-order valence-corrected chi connectivity index (χ3v) is 5.13. The minimum Gasteiger partial charge on any atom is -0.389 e. The zero-order chi connectivity index (χ0) is 13.8. The summed E-state index contributed by atoms with van der Waals surface area (Å²) in [5.74, 6) is 0.304. The van der Waals surface area contributed by atoms with Gasteiger partial charge in [0.2, 0.25) is 0 Å². The van der Waals surface area contributed by atoms with Crippen LogP contribution in [0, 0.1) is 0 Å². The summed E-state index contributed by atoms with van der Waals surface area (Å²) in [4.78, 5) is 0. The molecule has 20 heavy (non-hydrogen) atoms. The van der Waals surface area contributed by atoms with Crippen molar-refractivity contribution < 1.29 is 9.84 Å². The number of hydrogen-bond acceptors (Lipinski definition) is 2. The van der Waals surface area contributed by atoms with Gasteiger partial charge in [0.15, 0.2) is 0 Å². The summed E-state index contributed by atoms with van der Waals surface area (Å²) in [6.07, 6.45) is 9.10.